The summed E-state index contributed by atoms with van der Waals surface area (Å²) in [6.07, 6.45) is 0.860. The number of carbonyl (C=O) groups excluding carboxylic acids is 2. The summed E-state index contributed by atoms with van der Waals surface area (Å²) in [5.41, 5.74) is 3.18. The van der Waals surface area contributed by atoms with E-state index in [2.05, 4.69) is 14.5 Å². The molecular formula is C25H29N5O3S. The van der Waals surface area contributed by atoms with E-state index in [1.807, 2.05) is 65.4 Å². The third-order valence-electron chi connectivity index (χ3n) is 6.03. The lowest BCUT2D eigenvalue weighted by Gasteiger charge is -2.27. The van der Waals surface area contributed by atoms with Gasteiger partial charge in [0.1, 0.15) is 16.3 Å². The summed E-state index contributed by atoms with van der Waals surface area (Å²) in [6, 6.07) is 15.3. The van der Waals surface area contributed by atoms with Crippen molar-refractivity contribution in [3.8, 4) is 17.0 Å². The van der Waals surface area contributed by atoms with Crippen molar-refractivity contribution in [3.63, 3.8) is 0 Å². The van der Waals surface area contributed by atoms with Crippen LogP contribution in [0.5, 0.6) is 5.75 Å². The number of likely N-dealkylation sites (N-methyl/N-ethyl adjacent to an activating group) is 1. The number of benzene rings is 2. The van der Waals surface area contributed by atoms with E-state index in [0.717, 1.165) is 53.6 Å². The largest absolute Gasteiger partial charge is 0.497 e. The maximum absolute atomic E-state index is 13.8. The zero-order valence-electron chi connectivity index (χ0n) is 19.7. The molecule has 2 amide bonds. The molecule has 3 aromatic rings. The SMILES string of the molecule is COc1ccc(-c2nnsc2C(=O)N2CCN(C)CCCN(C(C)=O)c3ccccc3C2)cc1. The highest BCUT2D eigenvalue weighted by Crippen LogP contribution is 2.29. The summed E-state index contributed by atoms with van der Waals surface area (Å²) in [6.45, 7) is 4.76. The Kier molecular flexibility index (Phi) is 7.54. The van der Waals surface area contributed by atoms with Crippen LogP contribution in [-0.2, 0) is 11.3 Å². The minimum atomic E-state index is -0.113. The number of amides is 2. The number of hydrogen-bond donors (Lipinski definition) is 0. The molecule has 178 valence electrons. The molecule has 1 aliphatic rings. The summed E-state index contributed by atoms with van der Waals surface area (Å²) in [5.74, 6) is 0.625. The summed E-state index contributed by atoms with van der Waals surface area (Å²) in [7, 11) is 3.66. The van der Waals surface area contributed by atoms with Crippen LogP contribution in [0, 0.1) is 0 Å². The van der Waals surface area contributed by atoms with E-state index >= 15 is 0 Å². The molecule has 1 aliphatic heterocycles. The van der Waals surface area contributed by atoms with E-state index in [9.17, 15) is 9.59 Å². The molecule has 4 rings (SSSR count). The molecule has 0 saturated heterocycles. The van der Waals surface area contributed by atoms with Gasteiger partial charge in [0.25, 0.3) is 5.91 Å². The molecule has 0 fully saturated rings. The maximum atomic E-state index is 13.8. The quantitative estimate of drug-likeness (QED) is 0.572. The van der Waals surface area contributed by atoms with Gasteiger partial charge in [-0.2, -0.15) is 0 Å². The van der Waals surface area contributed by atoms with E-state index in [1.54, 1.807) is 14.0 Å². The number of nitrogens with zero attached hydrogens (tertiary/aromatic N) is 5. The number of carbonyl (C=O) groups is 2. The number of hydrogen-bond acceptors (Lipinski definition) is 7. The second-order valence-electron chi connectivity index (χ2n) is 8.36. The van der Waals surface area contributed by atoms with Crippen molar-refractivity contribution in [1.29, 1.82) is 0 Å². The fourth-order valence-corrected chi connectivity index (χ4v) is 4.78. The van der Waals surface area contributed by atoms with Gasteiger partial charge in [0, 0.05) is 44.4 Å². The molecule has 8 nitrogen and oxygen atoms in total. The number of para-hydroxylation sites is 1. The Labute approximate surface area is 203 Å². The van der Waals surface area contributed by atoms with Crippen molar-refractivity contribution in [3.05, 3.63) is 59.0 Å². The van der Waals surface area contributed by atoms with Crippen molar-refractivity contribution >= 4 is 29.0 Å². The standard InChI is InChI=1S/C25H29N5O3S/c1-18(31)30-14-6-13-28(2)15-16-29(17-20-7-4-5-8-22(20)30)25(32)24-23(26-27-34-24)19-9-11-21(33-3)12-10-19/h4-5,7-12H,6,13-17H2,1-3H3. The lowest BCUT2D eigenvalue weighted by atomic mass is 10.1. The van der Waals surface area contributed by atoms with E-state index in [1.165, 1.54) is 0 Å². The minimum Gasteiger partial charge on any atom is -0.497 e. The number of aromatic nitrogens is 2. The highest BCUT2D eigenvalue weighted by Gasteiger charge is 2.26. The average Bonchev–Trinajstić information content (AvgIpc) is 3.33. The Bertz CT molecular complexity index is 1150. The fraction of sp³-hybridized carbons (Fsp3) is 0.360. The second kappa shape index (κ2) is 10.8. The highest BCUT2D eigenvalue weighted by atomic mass is 32.1. The molecule has 0 atom stereocenters. The van der Waals surface area contributed by atoms with Gasteiger partial charge in [-0.3, -0.25) is 9.59 Å². The van der Waals surface area contributed by atoms with Crippen molar-refractivity contribution in [2.24, 2.45) is 0 Å². The molecule has 0 aliphatic carbocycles. The predicted molar refractivity (Wildman–Crippen MR) is 133 cm³/mol. The number of anilines is 1. The first kappa shape index (κ1) is 23.8. The second-order valence-corrected chi connectivity index (χ2v) is 9.12. The predicted octanol–water partition coefficient (Wildman–Crippen LogP) is 3.54. The van der Waals surface area contributed by atoms with Crippen LogP contribution in [0.25, 0.3) is 11.3 Å². The first-order valence-electron chi connectivity index (χ1n) is 11.3. The molecular weight excluding hydrogens is 450 g/mol. The normalized spacial score (nSPS) is 15.4. The summed E-state index contributed by atoms with van der Waals surface area (Å²) < 4.78 is 9.34. The van der Waals surface area contributed by atoms with Gasteiger partial charge in [-0.15, -0.1) is 5.10 Å². The Morgan fingerprint density at radius 2 is 1.76 bits per heavy atom. The number of methoxy groups -OCH3 is 1. The Hall–Kier alpha value is -3.30. The van der Waals surface area contributed by atoms with Crippen molar-refractivity contribution in [1.82, 2.24) is 19.4 Å². The van der Waals surface area contributed by atoms with Crippen molar-refractivity contribution in [2.75, 3.05) is 45.2 Å². The van der Waals surface area contributed by atoms with E-state index in [4.69, 9.17) is 4.74 Å². The van der Waals surface area contributed by atoms with Crippen LogP contribution >= 0.6 is 11.5 Å². The van der Waals surface area contributed by atoms with Gasteiger partial charge in [0.05, 0.1) is 7.11 Å². The van der Waals surface area contributed by atoms with Gasteiger partial charge in [-0.25, -0.2) is 0 Å². The monoisotopic (exact) mass is 479 g/mol. The first-order chi connectivity index (χ1) is 16.5. The molecule has 2 heterocycles. The molecule has 0 unspecified atom stereocenters. The molecule has 2 aromatic carbocycles. The van der Waals surface area contributed by atoms with Gasteiger partial charge in [-0.05, 0) is 67.4 Å². The molecule has 34 heavy (non-hydrogen) atoms. The van der Waals surface area contributed by atoms with Crippen molar-refractivity contribution in [2.45, 2.75) is 19.9 Å². The molecule has 1 aromatic heterocycles. The van der Waals surface area contributed by atoms with Crippen LogP contribution in [0.3, 0.4) is 0 Å². The van der Waals surface area contributed by atoms with E-state index in [0.29, 0.717) is 30.2 Å². The lowest BCUT2D eigenvalue weighted by molar-refractivity contribution is -0.116. The molecule has 0 radical (unpaired) electrons. The molecule has 0 N–H and O–H groups in total. The van der Waals surface area contributed by atoms with Crippen LogP contribution in [-0.4, -0.2) is 71.5 Å². The maximum Gasteiger partial charge on any atom is 0.268 e. The number of rotatable bonds is 3. The number of fused-ring (bicyclic) bond motifs is 1. The van der Waals surface area contributed by atoms with Crippen molar-refractivity contribution < 1.29 is 14.3 Å². The summed E-state index contributed by atoms with van der Waals surface area (Å²) in [4.78, 5) is 32.6. The van der Waals surface area contributed by atoms with Crippen LogP contribution < -0.4 is 9.64 Å². The van der Waals surface area contributed by atoms with E-state index in [-0.39, 0.29) is 11.8 Å². The molecule has 9 heteroatoms. The fourth-order valence-electron chi connectivity index (χ4n) is 4.13. The topological polar surface area (TPSA) is 78.9 Å². The average molecular weight is 480 g/mol. The Balaban J connectivity index is 1.68. The summed E-state index contributed by atoms with van der Waals surface area (Å²) in [5, 5.41) is 4.26. The minimum absolute atomic E-state index is 0.000625. The van der Waals surface area contributed by atoms with Gasteiger partial charge < -0.3 is 19.4 Å². The Morgan fingerprint density at radius 1 is 1.00 bits per heavy atom. The van der Waals surface area contributed by atoms with Crippen LogP contribution in [0.4, 0.5) is 5.69 Å². The number of ether oxygens (including phenoxy) is 1. The van der Waals surface area contributed by atoms with E-state index < -0.39 is 0 Å². The first-order valence-corrected chi connectivity index (χ1v) is 12.1. The van der Waals surface area contributed by atoms with Gasteiger partial charge >= 0.3 is 0 Å². The van der Waals surface area contributed by atoms with Gasteiger partial charge in [0.15, 0.2) is 0 Å². The lowest BCUT2D eigenvalue weighted by Crippen LogP contribution is -2.37. The van der Waals surface area contributed by atoms with Crippen LogP contribution in [0.2, 0.25) is 0 Å². The van der Waals surface area contributed by atoms with Gasteiger partial charge in [0.2, 0.25) is 5.91 Å². The third kappa shape index (κ3) is 5.26. The highest BCUT2D eigenvalue weighted by molar-refractivity contribution is 7.08. The zero-order valence-corrected chi connectivity index (χ0v) is 20.5. The van der Waals surface area contributed by atoms with Crippen LogP contribution in [0.15, 0.2) is 48.5 Å². The molecule has 0 spiro atoms. The molecule has 0 bridgehead atoms. The smallest absolute Gasteiger partial charge is 0.268 e. The third-order valence-corrected chi connectivity index (χ3v) is 6.74. The zero-order chi connectivity index (χ0) is 24.1. The van der Waals surface area contributed by atoms with Crippen LogP contribution in [0.1, 0.15) is 28.6 Å². The summed E-state index contributed by atoms with van der Waals surface area (Å²) >= 11 is 1.11. The Morgan fingerprint density at radius 3 is 2.50 bits per heavy atom. The van der Waals surface area contributed by atoms with Gasteiger partial charge in [-0.1, -0.05) is 22.7 Å². The molecule has 0 saturated carbocycles.